The summed E-state index contributed by atoms with van der Waals surface area (Å²) in [6.45, 7) is 14.2. The first-order chi connectivity index (χ1) is 48.0. The summed E-state index contributed by atoms with van der Waals surface area (Å²) < 4.78 is 6.93. The van der Waals surface area contributed by atoms with E-state index in [0.29, 0.717) is 0 Å². The van der Waals surface area contributed by atoms with Crippen molar-refractivity contribution in [2.45, 2.75) is 58.1 Å². The fourth-order valence-corrected chi connectivity index (χ4v) is 16.8. The van der Waals surface area contributed by atoms with Crippen molar-refractivity contribution in [2.75, 3.05) is 16.9 Å². The van der Waals surface area contributed by atoms with E-state index in [0.717, 1.165) is 89.8 Å². The van der Waals surface area contributed by atoms with Crippen LogP contribution >= 0.6 is 11.8 Å². The zero-order chi connectivity index (χ0) is 66.6. The lowest BCUT2D eigenvalue weighted by Crippen LogP contribution is -2.59. The summed E-state index contributed by atoms with van der Waals surface area (Å²) in [5, 5.41) is 2.38. The van der Waals surface area contributed by atoms with Crippen LogP contribution in [-0.4, -0.2) is 20.5 Å². The highest BCUT2D eigenvalue weighted by Crippen LogP contribution is 2.54. The third-order valence-electron chi connectivity index (χ3n) is 21.3. The minimum absolute atomic E-state index is 0.0389. The Morgan fingerprint density at radius 2 is 0.827 bits per heavy atom. The molecule has 0 unspecified atom stereocenters. The van der Waals surface area contributed by atoms with Gasteiger partial charge in [0, 0.05) is 44.5 Å². The molecule has 0 radical (unpaired) electrons. The molecule has 13 aromatic rings. The third-order valence-corrected chi connectivity index (χ3v) is 22.2. The van der Waals surface area contributed by atoms with Gasteiger partial charge in [0.05, 0.1) is 12.8 Å². The first-order valence-electron chi connectivity index (χ1n) is 34.5. The fraction of sp³-hybridized carbons (Fsp3) is 0.109. The number of hydrogen-bond acceptors (Lipinski definition) is 4. The molecule has 3 aliphatic rings. The van der Waals surface area contributed by atoms with Crippen molar-refractivity contribution in [3.63, 3.8) is 0 Å². The van der Waals surface area contributed by atoms with Gasteiger partial charge in [-0.2, -0.15) is 0 Å². The molecule has 13 aromatic carbocycles. The van der Waals surface area contributed by atoms with Gasteiger partial charge in [0.15, 0.2) is 0 Å². The first kappa shape index (κ1) is 62.1. The van der Waals surface area contributed by atoms with Crippen LogP contribution in [-0.2, 0) is 0 Å². The molecule has 3 nitrogen and oxygen atoms in total. The van der Waals surface area contributed by atoms with Crippen LogP contribution in [0.25, 0.3) is 89.0 Å². The number of allylic oxidation sites excluding steroid dienone is 3. The normalized spacial score (nSPS) is 15.1. The monoisotopic (exact) mass is 1280 g/mol. The van der Waals surface area contributed by atoms with Crippen LogP contribution in [0.2, 0.25) is 11.6 Å². The predicted molar refractivity (Wildman–Crippen MR) is 423 cm³/mol. The van der Waals surface area contributed by atoms with Gasteiger partial charge in [-0.1, -0.05) is 293 Å². The Hall–Kier alpha value is -10.8. The number of methoxy groups -OCH3 is 1. The summed E-state index contributed by atoms with van der Waals surface area (Å²) in [7, 11) is 1.87. The summed E-state index contributed by atoms with van der Waals surface area (Å²) in [5.74, 6) is 1.09. The van der Waals surface area contributed by atoms with E-state index >= 15 is 0 Å². The van der Waals surface area contributed by atoms with Gasteiger partial charge in [-0.25, -0.2) is 0 Å². The molecular weight excluding hydrogens is 1200 g/mol. The Morgan fingerprint density at radius 1 is 0.429 bits per heavy atom. The van der Waals surface area contributed by atoms with Crippen LogP contribution in [0.5, 0.6) is 5.75 Å². The molecule has 0 saturated heterocycles. The lowest BCUT2D eigenvalue weighted by atomic mass is 9.27. The number of thioether (sulfide) groups is 1. The van der Waals surface area contributed by atoms with Gasteiger partial charge >= 0.3 is 0 Å². The number of nitrogens with zero attached hydrogens (tertiary/aromatic N) is 2. The summed E-state index contributed by atoms with van der Waals surface area (Å²) >= 11 is 1.87. The van der Waals surface area contributed by atoms with E-state index in [2.05, 4.69) is 372 Å². The predicted octanol–water partition coefficient (Wildman–Crippen LogP) is 23.2. The molecule has 3 heterocycles. The molecule has 0 aromatic heterocycles. The summed E-state index contributed by atoms with van der Waals surface area (Å²) in [4.78, 5) is 6.55. The zero-order valence-electron chi connectivity index (χ0n) is 56.6. The van der Waals surface area contributed by atoms with E-state index in [1.165, 1.54) is 71.4 Å². The van der Waals surface area contributed by atoms with Gasteiger partial charge in [0.1, 0.15) is 5.75 Å². The average molecular weight is 1280 g/mol. The molecule has 0 spiro atoms. The highest BCUT2D eigenvalue weighted by Gasteiger charge is 2.48. The largest absolute Gasteiger partial charge is 0.497 e. The van der Waals surface area contributed by atoms with Crippen molar-refractivity contribution < 1.29 is 4.74 Å². The second-order valence-electron chi connectivity index (χ2n) is 27.3. The second kappa shape index (κ2) is 26.0. The van der Waals surface area contributed by atoms with Gasteiger partial charge in [-0.3, -0.25) is 0 Å². The third kappa shape index (κ3) is 11.2. The van der Waals surface area contributed by atoms with Gasteiger partial charge in [-0.15, -0.1) is 0 Å². The smallest absolute Gasteiger partial charge is 0.226 e. The summed E-state index contributed by atoms with van der Waals surface area (Å²) in [5.41, 5.74) is 31.5. The quantitative estimate of drug-likeness (QED) is 0.0844. The number of para-hydroxylation sites is 2. The lowest BCUT2D eigenvalue weighted by Gasteiger charge is -2.47. The molecule has 0 saturated carbocycles. The Morgan fingerprint density at radius 3 is 1.28 bits per heavy atom. The molecule has 0 N–H and O–H groups in total. The fourth-order valence-electron chi connectivity index (χ4n) is 15.7. The molecule has 2 atom stereocenters. The number of anilines is 6. The van der Waals surface area contributed by atoms with E-state index in [1.807, 2.05) is 18.9 Å². The highest BCUT2D eigenvalue weighted by atomic mass is 32.2. The maximum Gasteiger partial charge on any atom is 0.226 e. The maximum absolute atomic E-state index is 6.93. The van der Waals surface area contributed by atoms with Crippen LogP contribution < -0.4 is 36.4 Å². The van der Waals surface area contributed by atoms with Crippen molar-refractivity contribution in [2.24, 2.45) is 5.41 Å². The molecule has 0 aliphatic carbocycles. The number of hydrogen-bond donors (Lipinski definition) is 0. The number of rotatable bonds is 13. The SMILES string of the molecule is CC=C(C)[C@H](C)B1c2cc3c(cc2N(c2ccccc2)c2cc(-c4cc(-c5ccccc5)cc(-c5ccccc5)c4)cc(OC)c21)N(c1c(-c2ccccc2)cccc1-c1ccccc1)c1cc(-c2cc(-c4ccccc4)cc(-c4ccccc4)c2)cc2c1B3[C@@H](C)C(C)(C)/C=C/S2. The summed E-state index contributed by atoms with van der Waals surface area (Å²) in [6.07, 6.45) is 4.81. The molecule has 6 heteroatoms. The number of ether oxygens (including phenoxy) is 1. The van der Waals surface area contributed by atoms with Crippen molar-refractivity contribution in [3.8, 4) is 94.8 Å². The van der Waals surface area contributed by atoms with Crippen LogP contribution in [0.1, 0.15) is 41.5 Å². The lowest BCUT2D eigenvalue weighted by molar-refractivity contribution is 0.418. The Kier molecular flexibility index (Phi) is 16.5. The molecular formula is C92H76B2N2OS. The van der Waals surface area contributed by atoms with E-state index in [1.54, 1.807) is 0 Å². The van der Waals surface area contributed by atoms with Crippen LogP contribution in [0.4, 0.5) is 34.1 Å². The first-order valence-corrected chi connectivity index (χ1v) is 35.4. The molecule has 16 rings (SSSR count). The standard InChI is InChI=1S/C92H76B2N2OS/c1-8-61(2)62(3)93-81-59-82-84(60-83(81)95(78-43-28-15-29-44-78)85-55-76(57-87(97-7)89(85)93)74-51-70(64-31-16-9-17-32-64)49-71(52-74)65-33-18-10-19-34-65)96(91-79(68-39-24-13-25-40-68)45-30-46-80(91)69-41-26-14-27-42-69)86-56-77(58-88-90(86)94(82)63(4)92(5,6)47-48-98-88)75-53-72(66-35-20-11-21-36-66)50-73(54-75)67-37-22-12-23-38-67/h8-60,62-63H,1-7H3/b48-47+,61-8?/t62-,63-/m0/s1. The maximum atomic E-state index is 6.93. The Labute approximate surface area is 583 Å². The molecule has 472 valence electrons. The van der Waals surface area contributed by atoms with Crippen LogP contribution in [0.3, 0.4) is 0 Å². The molecule has 0 bridgehead atoms. The van der Waals surface area contributed by atoms with Gasteiger partial charge in [0.2, 0.25) is 13.4 Å². The van der Waals surface area contributed by atoms with Crippen molar-refractivity contribution in [1.29, 1.82) is 0 Å². The van der Waals surface area contributed by atoms with E-state index in [4.69, 9.17) is 4.74 Å². The van der Waals surface area contributed by atoms with Gasteiger partial charge < -0.3 is 14.5 Å². The highest BCUT2D eigenvalue weighted by molar-refractivity contribution is 8.02. The number of benzene rings is 13. The van der Waals surface area contributed by atoms with Gasteiger partial charge in [0.25, 0.3) is 0 Å². The second-order valence-corrected chi connectivity index (χ2v) is 28.2. The number of fused-ring (bicyclic) bond motifs is 4. The zero-order valence-corrected chi connectivity index (χ0v) is 57.4. The van der Waals surface area contributed by atoms with Gasteiger partial charge in [-0.05, 0) is 204 Å². The minimum atomic E-state index is -0.207. The Bertz CT molecular complexity index is 5020. The average Bonchev–Trinajstić information content (AvgIpc) is 0.695. The van der Waals surface area contributed by atoms with E-state index in [-0.39, 0.29) is 30.5 Å². The summed E-state index contributed by atoms with van der Waals surface area (Å²) in [6, 6.07) is 113. The topological polar surface area (TPSA) is 15.7 Å². The van der Waals surface area contributed by atoms with E-state index in [9.17, 15) is 0 Å². The molecule has 3 aliphatic heterocycles. The molecule has 0 amide bonds. The minimum Gasteiger partial charge on any atom is -0.497 e. The van der Waals surface area contributed by atoms with Crippen molar-refractivity contribution in [3.05, 3.63) is 326 Å². The molecule has 98 heavy (non-hydrogen) atoms. The Balaban J connectivity index is 1.03. The van der Waals surface area contributed by atoms with Crippen molar-refractivity contribution in [1.82, 2.24) is 0 Å². The van der Waals surface area contributed by atoms with Crippen LogP contribution in [0.15, 0.2) is 331 Å². The van der Waals surface area contributed by atoms with E-state index < -0.39 is 0 Å². The van der Waals surface area contributed by atoms with Crippen LogP contribution in [0, 0.1) is 5.41 Å². The van der Waals surface area contributed by atoms with Crippen molar-refractivity contribution >= 4 is 81.2 Å². The molecule has 0 fully saturated rings.